The lowest BCUT2D eigenvalue weighted by molar-refractivity contribution is 0.353. The Hall–Kier alpha value is -1.48. The Morgan fingerprint density at radius 3 is 2.67 bits per heavy atom. The van der Waals surface area contributed by atoms with Crippen LogP contribution in [0, 0.1) is 6.92 Å². The second-order valence-electron chi connectivity index (χ2n) is 5.97. The number of aromatic nitrogens is 3. The molecule has 0 aromatic carbocycles. The molecule has 6 heteroatoms. The molecule has 0 amide bonds. The fourth-order valence-electron chi connectivity index (χ4n) is 2.53. The summed E-state index contributed by atoms with van der Waals surface area (Å²) < 4.78 is 5.32. The summed E-state index contributed by atoms with van der Waals surface area (Å²) in [7, 11) is 1.21. The number of hydrogen-bond donors (Lipinski definition) is 0. The van der Waals surface area contributed by atoms with Gasteiger partial charge < -0.3 is 9.42 Å². The minimum atomic E-state index is 0.298. The summed E-state index contributed by atoms with van der Waals surface area (Å²) in [5, 5.41) is 4.16. The minimum Gasteiger partial charge on any atom is -0.353 e. The summed E-state index contributed by atoms with van der Waals surface area (Å²) in [6.45, 7) is 8.27. The van der Waals surface area contributed by atoms with E-state index in [4.69, 9.17) is 4.52 Å². The fourth-order valence-corrected chi connectivity index (χ4v) is 3.41. The van der Waals surface area contributed by atoms with Gasteiger partial charge in [-0.15, -0.1) is 0 Å². The summed E-state index contributed by atoms with van der Waals surface area (Å²) in [4.78, 5) is 11.5. The summed E-state index contributed by atoms with van der Waals surface area (Å²) in [5.74, 6) is 4.55. The van der Waals surface area contributed by atoms with Gasteiger partial charge in [0.25, 0.3) is 0 Å². The monoisotopic (exact) mass is 304 g/mol. The summed E-state index contributed by atoms with van der Waals surface area (Å²) in [6, 6.07) is 0. The van der Waals surface area contributed by atoms with Crippen molar-refractivity contribution < 1.29 is 4.52 Å². The van der Waals surface area contributed by atoms with Crippen LogP contribution in [0.5, 0.6) is 0 Å². The van der Waals surface area contributed by atoms with Crippen LogP contribution < -0.4 is 4.90 Å². The Bertz CT molecular complexity index is 588. The third-order valence-electron chi connectivity index (χ3n) is 3.86. The molecule has 2 aromatic heterocycles. The highest BCUT2D eigenvalue weighted by atomic mass is 31.0. The van der Waals surface area contributed by atoms with Gasteiger partial charge in [-0.2, -0.15) is 4.98 Å². The molecular formula is C15H21N4OP. The number of anilines is 1. The average molecular weight is 304 g/mol. The summed E-state index contributed by atoms with van der Waals surface area (Å²) in [6.07, 6.45) is 4.08. The highest BCUT2D eigenvalue weighted by molar-refractivity contribution is 7.33. The molecule has 1 aliphatic rings. The largest absolute Gasteiger partial charge is 0.353 e. The van der Waals surface area contributed by atoms with Crippen LogP contribution in [-0.2, 0) is 0 Å². The quantitative estimate of drug-likeness (QED) is 0.861. The number of rotatable bonds is 3. The predicted octanol–water partition coefficient (Wildman–Crippen LogP) is 3.86. The van der Waals surface area contributed by atoms with Gasteiger partial charge in [0, 0.05) is 31.1 Å². The Morgan fingerprint density at radius 1 is 1.33 bits per heavy atom. The third-order valence-corrected chi connectivity index (χ3v) is 5.03. The molecule has 1 aliphatic heterocycles. The molecule has 0 saturated carbocycles. The third kappa shape index (κ3) is 3.24. The van der Waals surface area contributed by atoms with Crippen molar-refractivity contribution >= 4 is 13.7 Å². The van der Waals surface area contributed by atoms with Gasteiger partial charge in [-0.1, -0.05) is 19.0 Å². The van der Waals surface area contributed by atoms with Gasteiger partial charge in [-0.25, -0.2) is 4.98 Å². The van der Waals surface area contributed by atoms with E-state index in [1.54, 1.807) is 0 Å². The maximum Gasteiger partial charge on any atom is 0.229 e. The van der Waals surface area contributed by atoms with Gasteiger partial charge >= 0.3 is 0 Å². The molecule has 112 valence electrons. The zero-order valence-corrected chi connectivity index (χ0v) is 13.7. The molecular weight excluding hydrogens is 283 g/mol. The lowest BCUT2D eigenvalue weighted by Gasteiger charge is -2.31. The van der Waals surface area contributed by atoms with E-state index in [0.717, 1.165) is 43.2 Å². The number of hydrogen-bond acceptors (Lipinski definition) is 5. The van der Waals surface area contributed by atoms with Crippen molar-refractivity contribution in [2.24, 2.45) is 0 Å². The fraction of sp³-hybridized carbons (Fsp3) is 0.600. The van der Waals surface area contributed by atoms with Crippen molar-refractivity contribution in [1.29, 1.82) is 0 Å². The lowest BCUT2D eigenvalue weighted by atomic mass is 9.96. The molecule has 0 aliphatic carbocycles. The van der Waals surface area contributed by atoms with Crippen molar-refractivity contribution in [2.75, 3.05) is 18.0 Å². The molecule has 21 heavy (non-hydrogen) atoms. The van der Waals surface area contributed by atoms with Crippen LogP contribution in [0.1, 0.15) is 55.8 Å². The minimum absolute atomic E-state index is 0.298. The van der Waals surface area contributed by atoms with Crippen LogP contribution in [0.15, 0.2) is 16.5 Å². The van der Waals surface area contributed by atoms with E-state index in [2.05, 4.69) is 46.6 Å². The van der Waals surface area contributed by atoms with Crippen molar-refractivity contribution in [3.05, 3.63) is 29.3 Å². The van der Waals surface area contributed by atoms with E-state index in [1.807, 2.05) is 6.20 Å². The first-order valence-corrected chi connectivity index (χ1v) is 8.47. The number of nitrogens with zero attached hydrogens (tertiary/aromatic N) is 4. The van der Waals surface area contributed by atoms with Crippen LogP contribution in [-0.4, -0.2) is 28.2 Å². The van der Waals surface area contributed by atoms with Crippen LogP contribution >= 0.6 is 8.19 Å². The van der Waals surface area contributed by atoms with Crippen molar-refractivity contribution in [3.63, 3.8) is 0 Å². The van der Waals surface area contributed by atoms with Crippen LogP contribution in [0.25, 0.3) is 0 Å². The predicted molar refractivity (Wildman–Crippen MR) is 84.1 cm³/mol. The maximum atomic E-state index is 5.32. The van der Waals surface area contributed by atoms with E-state index >= 15 is 0 Å². The van der Waals surface area contributed by atoms with Crippen molar-refractivity contribution in [3.8, 4) is 0 Å². The van der Waals surface area contributed by atoms with Gasteiger partial charge in [0.1, 0.15) is 0 Å². The summed E-state index contributed by atoms with van der Waals surface area (Å²) >= 11 is 0. The summed E-state index contributed by atoms with van der Waals surface area (Å²) in [5.41, 5.74) is 2.40. The lowest BCUT2D eigenvalue weighted by Crippen LogP contribution is -2.33. The molecule has 1 fully saturated rings. The first-order valence-electron chi connectivity index (χ1n) is 7.50. The smallest absolute Gasteiger partial charge is 0.229 e. The second-order valence-corrected chi connectivity index (χ2v) is 6.88. The molecule has 0 bridgehead atoms. The average Bonchev–Trinajstić information content (AvgIpc) is 2.98. The van der Waals surface area contributed by atoms with E-state index in [-0.39, 0.29) is 0 Å². The molecule has 5 nitrogen and oxygen atoms in total. The van der Waals surface area contributed by atoms with Gasteiger partial charge in [0.2, 0.25) is 5.89 Å². The SMILES string of the molecule is Cc1cnc(N2CCC(c3noc(C(C)C)n3)CC2)pc1. The molecule has 3 heterocycles. The van der Waals surface area contributed by atoms with E-state index in [1.165, 1.54) is 13.8 Å². The highest BCUT2D eigenvalue weighted by Crippen LogP contribution is 2.31. The molecule has 3 rings (SSSR count). The van der Waals surface area contributed by atoms with Crippen LogP contribution in [0.3, 0.4) is 0 Å². The zero-order chi connectivity index (χ0) is 14.8. The Labute approximate surface area is 126 Å². The first kappa shape index (κ1) is 14.5. The molecule has 0 N–H and O–H groups in total. The van der Waals surface area contributed by atoms with Gasteiger partial charge in [0.15, 0.2) is 11.4 Å². The molecule has 0 unspecified atom stereocenters. The van der Waals surface area contributed by atoms with Crippen molar-refractivity contribution in [2.45, 2.75) is 45.4 Å². The van der Waals surface area contributed by atoms with Crippen molar-refractivity contribution in [1.82, 2.24) is 15.1 Å². The molecule has 1 saturated heterocycles. The van der Waals surface area contributed by atoms with Gasteiger partial charge in [-0.3, -0.25) is 0 Å². The number of aryl methyl sites for hydroxylation is 1. The number of piperidine rings is 1. The molecule has 2 aromatic rings. The Balaban J connectivity index is 1.63. The maximum absolute atomic E-state index is 5.32. The Morgan fingerprint density at radius 2 is 2.10 bits per heavy atom. The van der Waals surface area contributed by atoms with Crippen LogP contribution in [0.2, 0.25) is 0 Å². The van der Waals surface area contributed by atoms with E-state index in [0.29, 0.717) is 11.8 Å². The first-order chi connectivity index (χ1) is 10.1. The molecule has 0 radical (unpaired) electrons. The zero-order valence-electron chi connectivity index (χ0n) is 12.8. The molecule has 0 spiro atoms. The standard InChI is InChI=1S/C15H21N4OP/c1-10(2)14-17-13(18-20-14)12-4-6-19(7-5-12)15-16-8-11(3)9-21-15/h8-10,12H,4-7H2,1-3H3. The highest BCUT2D eigenvalue weighted by Gasteiger charge is 2.25. The van der Waals surface area contributed by atoms with E-state index in [9.17, 15) is 0 Å². The second kappa shape index (κ2) is 6.10. The molecule has 0 atom stereocenters. The normalized spacial score (nSPS) is 17.0. The van der Waals surface area contributed by atoms with Crippen LogP contribution in [0.4, 0.5) is 5.55 Å². The topological polar surface area (TPSA) is 55.1 Å². The Kier molecular flexibility index (Phi) is 4.20. The van der Waals surface area contributed by atoms with E-state index < -0.39 is 0 Å². The van der Waals surface area contributed by atoms with Gasteiger partial charge in [-0.05, 0) is 39.3 Å². The van der Waals surface area contributed by atoms with Gasteiger partial charge in [0.05, 0.1) is 0 Å².